The standard InChI is InChI=1S/C29H23N5O2S/c1-3-17-33-27(36)21-14-8-10-16-23(21)34-28(33)30-31-29(34)37-18-24(35)25-20-13-7-9-15-22(20)32(2)26(25)19-11-5-4-6-12-19/h3-16H,1,17-18H2,2H3. The van der Waals surface area contributed by atoms with Crippen LogP contribution in [0.2, 0.25) is 0 Å². The van der Waals surface area contributed by atoms with Gasteiger partial charge in [-0.1, -0.05) is 78.5 Å². The molecule has 0 aliphatic heterocycles. The Bertz CT molecular complexity index is 1880. The number of hydrogen-bond donors (Lipinski definition) is 0. The van der Waals surface area contributed by atoms with Crippen LogP contribution in [0.1, 0.15) is 10.4 Å². The van der Waals surface area contributed by atoms with E-state index >= 15 is 0 Å². The second-order valence-electron chi connectivity index (χ2n) is 8.72. The van der Waals surface area contributed by atoms with Crippen LogP contribution < -0.4 is 5.56 Å². The fourth-order valence-electron chi connectivity index (χ4n) is 4.93. The van der Waals surface area contributed by atoms with Crippen molar-refractivity contribution in [1.29, 1.82) is 0 Å². The second kappa shape index (κ2) is 9.22. The summed E-state index contributed by atoms with van der Waals surface area (Å²) in [5, 5.41) is 10.7. The summed E-state index contributed by atoms with van der Waals surface area (Å²) < 4.78 is 5.47. The van der Waals surface area contributed by atoms with Crippen LogP contribution in [0.5, 0.6) is 0 Å². The van der Waals surface area contributed by atoms with E-state index < -0.39 is 0 Å². The Labute approximate surface area is 216 Å². The topological polar surface area (TPSA) is 74.2 Å². The highest BCUT2D eigenvalue weighted by Crippen LogP contribution is 2.34. The molecule has 0 fully saturated rings. The monoisotopic (exact) mass is 505 g/mol. The predicted octanol–water partition coefficient (Wildman–Crippen LogP) is 5.36. The van der Waals surface area contributed by atoms with Crippen LogP contribution in [0.15, 0.2) is 101 Å². The number of aromatic nitrogens is 5. The lowest BCUT2D eigenvalue weighted by atomic mass is 10.0. The fourth-order valence-corrected chi connectivity index (χ4v) is 5.74. The molecule has 182 valence electrons. The first-order valence-corrected chi connectivity index (χ1v) is 12.8. The fraction of sp³-hybridized carbons (Fsp3) is 0.103. The van der Waals surface area contributed by atoms with Gasteiger partial charge < -0.3 is 4.57 Å². The van der Waals surface area contributed by atoms with E-state index in [-0.39, 0.29) is 17.1 Å². The van der Waals surface area contributed by atoms with Gasteiger partial charge in [0.25, 0.3) is 5.56 Å². The number of fused-ring (bicyclic) bond motifs is 4. The third-order valence-corrected chi connectivity index (χ3v) is 7.48. The average molecular weight is 506 g/mol. The van der Waals surface area contributed by atoms with Crippen molar-refractivity contribution in [1.82, 2.24) is 23.7 Å². The average Bonchev–Trinajstić information content (AvgIpc) is 3.49. The lowest BCUT2D eigenvalue weighted by molar-refractivity contribution is 0.102. The number of carbonyl (C=O) groups is 1. The summed E-state index contributed by atoms with van der Waals surface area (Å²) in [6.07, 6.45) is 1.66. The lowest BCUT2D eigenvalue weighted by Crippen LogP contribution is -2.22. The summed E-state index contributed by atoms with van der Waals surface area (Å²) in [5.41, 5.74) is 4.14. The maximum atomic E-state index is 13.8. The van der Waals surface area contributed by atoms with Crippen molar-refractivity contribution in [3.63, 3.8) is 0 Å². The molecule has 7 nitrogen and oxygen atoms in total. The minimum Gasteiger partial charge on any atom is -0.343 e. The highest BCUT2D eigenvalue weighted by atomic mass is 32.2. The van der Waals surface area contributed by atoms with Crippen LogP contribution in [0, 0.1) is 0 Å². The number of nitrogens with zero attached hydrogens (tertiary/aromatic N) is 5. The zero-order valence-electron chi connectivity index (χ0n) is 20.2. The van der Waals surface area contributed by atoms with E-state index in [1.54, 1.807) is 16.7 Å². The van der Waals surface area contributed by atoms with E-state index in [1.165, 1.54) is 11.8 Å². The summed E-state index contributed by atoms with van der Waals surface area (Å²) in [4.78, 5) is 26.9. The summed E-state index contributed by atoms with van der Waals surface area (Å²) in [6.45, 7) is 4.09. The molecule has 0 radical (unpaired) electrons. The zero-order valence-corrected chi connectivity index (χ0v) is 21.0. The molecule has 0 amide bonds. The van der Waals surface area contributed by atoms with Gasteiger partial charge in [-0.3, -0.25) is 18.6 Å². The van der Waals surface area contributed by atoms with Crippen LogP contribution in [-0.4, -0.2) is 35.3 Å². The van der Waals surface area contributed by atoms with Crippen LogP contribution in [0.3, 0.4) is 0 Å². The normalized spacial score (nSPS) is 11.5. The van der Waals surface area contributed by atoms with Crippen LogP contribution in [0.4, 0.5) is 0 Å². The molecule has 0 aliphatic carbocycles. The van der Waals surface area contributed by atoms with Gasteiger partial charge in [0.15, 0.2) is 10.9 Å². The molecule has 6 rings (SSSR count). The van der Waals surface area contributed by atoms with Crippen molar-refractivity contribution < 1.29 is 4.79 Å². The molecule has 3 aromatic heterocycles. The van der Waals surface area contributed by atoms with Gasteiger partial charge in [0.2, 0.25) is 5.78 Å². The first kappa shape index (κ1) is 23.0. The van der Waals surface area contributed by atoms with Crippen molar-refractivity contribution in [2.45, 2.75) is 11.7 Å². The number of hydrogen-bond acceptors (Lipinski definition) is 5. The number of benzene rings is 3. The molecule has 0 N–H and O–H groups in total. The van der Waals surface area contributed by atoms with Gasteiger partial charge in [-0.25, -0.2) is 0 Å². The van der Waals surface area contributed by atoms with Gasteiger partial charge in [0, 0.05) is 24.5 Å². The highest BCUT2D eigenvalue weighted by molar-refractivity contribution is 7.99. The Kier molecular flexibility index (Phi) is 5.73. The Morgan fingerprint density at radius 2 is 1.59 bits per heavy atom. The maximum Gasteiger partial charge on any atom is 0.263 e. The molecule has 0 saturated carbocycles. The zero-order chi connectivity index (χ0) is 25.5. The van der Waals surface area contributed by atoms with Gasteiger partial charge in [0.05, 0.1) is 27.9 Å². The van der Waals surface area contributed by atoms with Crippen LogP contribution in [0.25, 0.3) is 38.8 Å². The van der Waals surface area contributed by atoms with E-state index in [1.807, 2.05) is 84.2 Å². The number of carbonyl (C=O) groups excluding carboxylic acids is 1. The summed E-state index contributed by atoms with van der Waals surface area (Å²) in [7, 11) is 1.99. The largest absolute Gasteiger partial charge is 0.343 e. The Balaban J connectivity index is 1.45. The molecule has 0 spiro atoms. The maximum absolute atomic E-state index is 13.8. The van der Waals surface area contributed by atoms with E-state index in [4.69, 9.17) is 0 Å². The molecular formula is C29H23N5O2S. The molecule has 8 heteroatoms. The lowest BCUT2D eigenvalue weighted by Gasteiger charge is -2.10. The first-order valence-electron chi connectivity index (χ1n) is 11.9. The van der Waals surface area contributed by atoms with Crippen molar-refractivity contribution in [2.75, 3.05) is 5.75 Å². The quantitative estimate of drug-likeness (QED) is 0.166. The van der Waals surface area contributed by atoms with Gasteiger partial charge in [-0.15, -0.1) is 16.8 Å². The minimum atomic E-state index is -0.147. The smallest absolute Gasteiger partial charge is 0.263 e. The molecule has 3 heterocycles. The van der Waals surface area contributed by atoms with E-state index in [0.29, 0.717) is 33.9 Å². The Morgan fingerprint density at radius 3 is 2.35 bits per heavy atom. The van der Waals surface area contributed by atoms with E-state index in [9.17, 15) is 9.59 Å². The van der Waals surface area contributed by atoms with Gasteiger partial charge in [-0.05, 0) is 23.8 Å². The Morgan fingerprint density at radius 1 is 0.919 bits per heavy atom. The van der Waals surface area contributed by atoms with Gasteiger partial charge in [0.1, 0.15) is 0 Å². The van der Waals surface area contributed by atoms with Crippen molar-refractivity contribution in [3.05, 3.63) is 107 Å². The van der Waals surface area contributed by atoms with Crippen molar-refractivity contribution in [3.8, 4) is 11.3 Å². The highest BCUT2D eigenvalue weighted by Gasteiger charge is 2.23. The van der Waals surface area contributed by atoms with Gasteiger partial charge >= 0.3 is 0 Å². The molecule has 0 unspecified atom stereocenters. The molecular weight excluding hydrogens is 482 g/mol. The molecule has 0 saturated heterocycles. The van der Waals surface area contributed by atoms with E-state index in [0.717, 1.165) is 22.2 Å². The molecule has 0 aliphatic rings. The number of para-hydroxylation sites is 2. The summed E-state index contributed by atoms with van der Waals surface area (Å²) >= 11 is 1.32. The van der Waals surface area contributed by atoms with Crippen LogP contribution in [-0.2, 0) is 13.6 Å². The number of Topliss-reactive ketones (excluding diaryl/α,β-unsaturated/α-hetero) is 1. The molecule has 6 aromatic rings. The van der Waals surface area contributed by atoms with Gasteiger partial charge in [-0.2, -0.15) is 0 Å². The molecule has 3 aromatic carbocycles. The molecule has 0 bridgehead atoms. The Hall–Kier alpha value is -4.43. The number of thioether (sulfide) groups is 1. The third kappa shape index (κ3) is 3.68. The van der Waals surface area contributed by atoms with E-state index in [2.05, 4.69) is 21.3 Å². The number of rotatable bonds is 7. The number of allylic oxidation sites excluding steroid dienone is 1. The van der Waals surface area contributed by atoms with Crippen LogP contribution >= 0.6 is 11.8 Å². The number of aryl methyl sites for hydroxylation is 1. The number of ketones is 1. The predicted molar refractivity (Wildman–Crippen MR) is 148 cm³/mol. The summed E-state index contributed by atoms with van der Waals surface area (Å²) in [6, 6.07) is 25.3. The third-order valence-electron chi connectivity index (χ3n) is 6.56. The molecule has 37 heavy (non-hydrogen) atoms. The first-order chi connectivity index (χ1) is 18.1. The van der Waals surface area contributed by atoms with Crippen molar-refractivity contribution >= 4 is 45.1 Å². The minimum absolute atomic E-state index is 0.00104. The molecule has 0 atom stereocenters. The van der Waals surface area contributed by atoms with Crippen molar-refractivity contribution in [2.24, 2.45) is 7.05 Å². The summed E-state index contributed by atoms with van der Waals surface area (Å²) in [5.74, 6) is 0.596. The SMILES string of the molecule is C=CCn1c(=O)c2ccccc2n2c(SCC(=O)c3c(-c4ccccc4)n(C)c4ccccc34)nnc12. The second-order valence-corrected chi connectivity index (χ2v) is 9.66.